The van der Waals surface area contributed by atoms with E-state index in [1.807, 2.05) is 30.5 Å². The number of nitrogens with two attached hydrogens (primary N) is 1. The van der Waals surface area contributed by atoms with Crippen LogP contribution in [0, 0.1) is 25.6 Å². The molecule has 3 aromatic carbocycles. The van der Waals surface area contributed by atoms with Gasteiger partial charge >= 0.3 is 11.4 Å². The quantitative estimate of drug-likeness (QED) is 0.0659. The zero-order valence-electron chi connectivity index (χ0n) is 39.7. The van der Waals surface area contributed by atoms with Crippen molar-refractivity contribution in [1.29, 1.82) is 0 Å². The molecule has 0 unspecified atom stereocenters. The van der Waals surface area contributed by atoms with Crippen molar-refractivity contribution in [3.63, 3.8) is 0 Å². The van der Waals surface area contributed by atoms with Gasteiger partial charge in [0.05, 0.1) is 29.4 Å². The lowest BCUT2D eigenvalue weighted by molar-refractivity contribution is 0.0696. The summed E-state index contributed by atoms with van der Waals surface area (Å²) in [5.74, 6) is -0.762. The van der Waals surface area contributed by atoms with Gasteiger partial charge in [0.2, 0.25) is 10.0 Å². The molecule has 2 fully saturated rings. The maximum Gasteiger partial charge on any atom is 0.438 e. The second kappa shape index (κ2) is 17.9. The van der Waals surface area contributed by atoms with Crippen molar-refractivity contribution in [2.75, 3.05) is 43.1 Å². The van der Waals surface area contributed by atoms with E-state index in [-0.39, 0.29) is 42.0 Å². The zero-order chi connectivity index (χ0) is 49.3. The Kier molecular flexibility index (Phi) is 12.4. The summed E-state index contributed by atoms with van der Waals surface area (Å²) < 4.78 is 72.0. The molecule has 4 N–H and O–H groups in total. The van der Waals surface area contributed by atoms with Crippen LogP contribution in [0.4, 0.5) is 15.8 Å². The number of carbonyl (C=O) groups is 1. The summed E-state index contributed by atoms with van der Waals surface area (Å²) in [7, 11) is -6.82. The maximum absolute atomic E-state index is 15.5. The molecular weight excluding hydrogens is 925 g/mol. The van der Waals surface area contributed by atoms with Crippen molar-refractivity contribution in [3.8, 4) is 5.69 Å². The highest BCUT2D eigenvalue weighted by atomic mass is 32.2. The number of aromatic amines is 1. The van der Waals surface area contributed by atoms with Gasteiger partial charge in [0.15, 0.2) is 5.82 Å². The molecule has 3 atom stereocenters. The van der Waals surface area contributed by atoms with Crippen LogP contribution in [-0.2, 0) is 24.9 Å². The van der Waals surface area contributed by atoms with Crippen LogP contribution in [0.15, 0.2) is 97.4 Å². The Balaban J connectivity index is 1.17. The number of ether oxygens (including phenoxy) is 1. The van der Waals surface area contributed by atoms with Crippen LogP contribution in [-0.4, -0.2) is 93.3 Å². The maximum atomic E-state index is 15.5. The predicted octanol–water partition coefficient (Wildman–Crippen LogP) is 6.83. The number of fused-ring (bicyclic) bond motifs is 1. The Labute approximate surface area is 398 Å². The highest BCUT2D eigenvalue weighted by Crippen LogP contribution is 2.56. The SMILES string of the molecule is CCP(=O)(CC)c1ccc(-n2ccn(C(=Nc3cc(C)c(F)c(C)c3)C3=C(N)CCN(C(=O)c4cc5cc(C6CCOCC6)ccc5n4[C@@]4(c5noc(=O)[nH]5)C[C@@H]4C)[C@H]3C)c2=O)cc1NS(C)(=O)=O. The number of aliphatic imine (C=N–C) groups is 1. The first-order chi connectivity index (χ1) is 32.8. The standard InChI is InChI=1S/C49H57FN9O8PS/c1-8-68(63,9-2)41-13-11-36(26-38(41)55-69(7,64)65)57-18-19-58(48(57)62)44(52-35-22-28(3)43(50)29(4)23-35)42-31(6)56(17-14-37(42)51)45(60)40-25-34-24-33(32-15-20-66-21-16-32)10-12-39(34)59(40)49(27-30(49)5)46-53-47(61)67-54-46/h10-13,18-19,22-26,30-32,55H,8-9,14-17,20-21,27,51H2,1-7H3,(H,53,54,61)/t30-,31-,49-/m0/s1. The van der Waals surface area contributed by atoms with E-state index in [2.05, 4.69) is 27.0 Å². The summed E-state index contributed by atoms with van der Waals surface area (Å²) in [5.41, 5.74) is 9.89. The van der Waals surface area contributed by atoms with Crippen molar-refractivity contribution in [2.45, 2.75) is 84.7 Å². The minimum atomic E-state index is -3.82. The Bertz CT molecular complexity index is 3360. The van der Waals surface area contributed by atoms with E-state index in [1.165, 1.54) is 27.6 Å². The van der Waals surface area contributed by atoms with Crippen LogP contribution in [0.2, 0.25) is 0 Å². The average molecular weight is 982 g/mol. The van der Waals surface area contributed by atoms with Crippen molar-refractivity contribution < 1.29 is 31.4 Å². The summed E-state index contributed by atoms with van der Waals surface area (Å²) >= 11 is 0. The first kappa shape index (κ1) is 47.8. The number of nitrogens with one attached hydrogen (secondary N) is 2. The number of sulfonamides is 1. The molecule has 17 nitrogen and oxygen atoms in total. The van der Waals surface area contributed by atoms with E-state index >= 15 is 9.18 Å². The number of imidazole rings is 1. The molecule has 1 amide bonds. The molecule has 69 heavy (non-hydrogen) atoms. The molecule has 0 radical (unpaired) electrons. The summed E-state index contributed by atoms with van der Waals surface area (Å²) in [5, 5.41) is 5.35. The molecule has 0 bridgehead atoms. The molecule has 2 aliphatic heterocycles. The lowest BCUT2D eigenvalue weighted by Crippen LogP contribution is -2.49. The Hall–Kier alpha value is -6.30. The zero-order valence-corrected chi connectivity index (χ0v) is 41.4. The fourth-order valence-electron chi connectivity index (χ4n) is 10.4. The van der Waals surface area contributed by atoms with E-state index in [0.717, 1.165) is 35.6 Å². The van der Waals surface area contributed by atoms with Gasteiger partial charge in [-0.2, -0.15) is 0 Å². The third kappa shape index (κ3) is 8.52. The lowest BCUT2D eigenvalue weighted by Gasteiger charge is -2.37. The number of hydrogen-bond donors (Lipinski definition) is 3. The van der Waals surface area contributed by atoms with Crippen LogP contribution in [0.5, 0.6) is 0 Å². The molecule has 1 aliphatic carbocycles. The number of halogens is 1. The van der Waals surface area contributed by atoms with Gasteiger partial charge in [-0.15, -0.1) is 0 Å². The van der Waals surface area contributed by atoms with Gasteiger partial charge in [0.25, 0.3) is 5.91 Å². The first-order valence-corrected chi connectivity index (χ1v) is 27.2. The Morgan fingerprint density at radius 2 is 1.72 bits per heavy atom. The highest BCUT2D eigenvalue weighted by Gasteiger charge is 2.59. The largest absolute Gasteiger partial charge is 0.438 e. The minimum absolute atomic E-state index is 0.0324. The number of anilines is 1. The summed E-state index contributed by atoms with van der Waals surface area (Å²) in [6.07, 6.45) is 7.16. The molecule has 1 saturated heterocycles. The molecule has 5 heterocycles. The van der Waals surface area contributed by atoms with E-state index in [0.29, 0.717) is 82.8 Å². The molecule has 6 aromatic rings. The molecule has 364 valence electrons. The van der Waals surface area contributed by atoms with Gasteiger partial charge in [0.1, 0.15) is 30.0 Å². The summed E-state index contributed by atoms with van der Waals surface area (Å²) in [6, 6.07) is 15.2. The Morgan fingerprint density at radius 1 is 1.03 bits per heavy atom. The normalized spacial score (nSPS) is 20.5. The monoisotopic (exact) mass is 981 g/mol. The fraction of sp³-hybridized carbons (Fsp3) is 0.408. The van der Waals surface area contributed by atoms with Crippen molar-refractivity contribution in [3.05, 3.63) is 133 Å². The molecule has 20 heteroatoms. The van der Waals surface area contributed by atoms with Gasteiger partial charge in [-0.05, 0) is 117 Å². The molecule has 0 spiro atoms. The number of aromatic nitrogens is 5. The molecule has 3 aromatic heterocycles. The second-order valence-electron chi connectivity index (χ2n) is 18.7. The van der Waals surface area contributed by atoms with Crippen LogP contribution in [0.25, 0.3) is 16.6 Å². The van der Waals surface area contributed by atoms with Crippen LogP contribution in [0.3, 0.4) is 0 Å². The number of hydrogen-bond acceptors (Lipinski definition) is 11. The summed E-state index contributed by atoms with van der Waals surface area (Å²) in [6.45, 7) is 12.2. The fourth-order valence-corrected chi connectivity index (χ4v) is 13.1. The van der Waals surface area contributed by atoms with Gasteiger partial charge < -0.3 is 24.5 Å². The smallest absolute Gasteiger partial charge is 0.402 e. The number of carbonyl (C=O) groups excluding carboxylic acids is 1. The average Bonchev–Trinajstić information content (AvgIpc) is 3.63. The summed E-state index contributed by atoms with van der Waals surface area (Å²) in [4.78, 5) is 52.3. The van der Waals surface area contributed by atoms with Crippen LogP contribution in [0.1, 0.15) is 92.3 Å². The second-order valence-corrected chi connectivity index (χ2v) is 23.9. The Morgan fingerprint density at radius 3 is 2.35 bits per heavy atom. The van der Waals surface area contributed by atoms with Gasteiger partial charge in [-0.1, -0.05) is 32.0 Å². The number of amides is 1. The van der Waals surface area contributed by atoms with Gasteiger partial charge in [-0.3, -0.25) is 28.2 Å². The number of benzene rings is 3. The van der Waals surface area contributed by atoms with Gasteiger partial charge in [0, 0.05) is 78.4 Å². The predicted molar refractivity (Wildman–Crippen MR) is 264 cm³/mol. The number of H-pyrrole nitrogens is 1. The molecular formula is C49H57FN9O8PS. The highest BCUT2D eigenvalue weighted by molar-refractivity contribution is 7.92. The van der Waals surface area contributed by atoms with Crippen LogP contribution < -0.4 is 27.2 Å². The first-order valence-electron chi connectivity index (χ1n) is 23.2. The molecule has 3 aliphatic rings. The van der Waals surface area contributed by atoms with Crippen LogP contribution >= 0.6 is 7.14 Å². The number of rotatable bonds is 12. The van der Waals surface area contributed by atoms with E-state index in [4.69, 9.17) is 20.0 Å². The van der Waals surface area contributed by atoms with E-state index in [9.17, 15) is 22.6 Å². The van der Waals surface area contributed by atoms with Crippen molar-refractivity contribution in [1.82, 2.24) is 28.7 Å². The molecule has 9 rings (SSSR count). The van der Waals surface area contributed by atoms with E-state index in [1.54, 1.807) is 56.9 Å². The minimum Gasteiger partial charge on any atom is -0.402 e. The molecule has 1 saturated carbocycles. The van der Waals surface area contributed by atoms with Gasteiger partial charge in [-0.25, -0.2) is 27.4 Å². The lowest BCUT2D eigenvalue weighted by atomic mass is 9.91. The van der Waals surface area contributed by atoms with E-state index < -0.39 is 46.0 Å². The third-order valence-electron chi connectivity index (χ3n) is 14.3. The third-order valence-corrected chi connectivity index (χ3v) is 18.2. The number of nitrogens with zero attached hydrogens (tertiary/aromatic N) is 6. The van der Waals surface area contributed by atoms with Crippen molar-refractivity contribution in [2.24, 2.45) is 16.6 Å². The topological polar surface area (TPSA) is 222 Å². The number of aryl methyl sites for hydroxylation is 2. The van der Waals surface area contributed by atoms with Crippen molar-refractivity contribution >= 4 is 56.5 Å².